The summed E-state index contributed by atoms with van der Waals surface area (Å²) in [4.78, 5) is 15.3. The van der Waals surface area contributed by atoms with Crippen LogP contribution in [0.4, 0.5) is 0 Å². The maximum absolute atomic E-state index is 12.4. The van der Waals surface area contributed by atoms with Crippen LogP contribution in [0.5, 0.6) is 5.75 Å². The van der Waals surface area contributed by atoms with E-state index in [4.69, 9.17) is 21.1 Å². The van der Waals surface area contributed by atoms with Gasteiger partial charge in [-0.05, 0) is 29.8 Å². The van der Waals surface area contributed by atoms with Crippen molar-refractivity contribution in [2.24, 2.45) is 0 Å². The van der Waals surface area contributed by atoms with Crippen molar-refractivity contribution in [1.82, 2.24) is 10.2 Å². The molecule has 3 rings (SSSR count). The highest BCUT2D eigenvalue weighted by Crippen LogP contribution is 2.25. The van der Waals surface area contributed by atoms with Crippen LogP contribution in [0.2, 0.25) is 4.34 Å². The van der Waals surface area contributed by atoms with E-state index in [2.05, 4.69) is 10.2 Å². The molecule has 2 heterocycles. The van der Waals surface area contributed by atoms with Crippen LogP contribution >= 0.6 is 22.9 Å². The van der Waals surface area contributed by atoms with Crippen LogP contribution in [0.1, 0.15) is 21.3 Å². The molecule has 1 aromatic heterocycles. The van der Waals surface area contributed by atoms with Crippen LogP contribution in [0, 0.1) is 0 Å². The van der Waals surface area contributed by atoms with Crippen LogP contribution in [-0.4, -0.2) is 50.8 Å². The average molecular weight is 381 g/mol. The molecule has 134 valence electrons. The molecule has 0 aliphatic carbocycles. The van der Waals surface area contributed by atoms with Crippen molar-refractivity contribution in [3.63, 3.8) is 0 Å². The molecule has 1 aromatic carbocycles. The SMILES string of the molecule is COc1ccc([C@H](CNC(=O)c2ccc(Cl)s2)N2CCOCC2)cc1. The van der Waals surface area contributed by atoms with Gasteiger partial charge >= 0.3 is 0 Å². The second-order valence-corrected chi connectivity index (χ2v) is 7.47. The van der Waals surface area contributed by atoms with Gasteiger partial charge in [0, 0.05) is 19.6 Å². The fraction of sp³-hybridized carbons (Fsp3) is 0.389. The summed E-state index contributed by atoms with van der Waals surface area (Å²) in [6, 6.07) is 11.6. The van der Waals surface area contributed by atoms with Crippen molar-refractivity contribution in [1.29, 1.82) is 0 Å². The second-order valence-electron chi connectivity index (χ2n) is 5.75. The Bertz CT molecular complexity index is 699. The number of nitrogens with zero attached hydrogens (tertiary/aromatic N) is 1. The summed E-state index contributed by atoms with van der Waals surface area (Å²) in [6.45, 7) is 3.64. The lowest BCUT2D eigenvalue weighted by atomic mass is 10.0. The lowest BCUT2D eigenvalue weighted by Crippen LogP contribution is -2.43. The lowest BCUT2D eigenvalue weighted by Gasteiger charge is -2.35. The summed E-state index contributed by atoms with van der Waals surface area (Å²) >= 11 is 7.21. The Kier molecular flexibility index (Phi) is 6.31. The van der Waals surface area contributed by atoms with Crippen molar-refractivity contribution < 1.29 is 14.3 Å². The summed E-state index contributed by atoms with van der Waals surface area (Å²) < 4.78 is 11.3. The van der Waals surface area contributed by atoms with Gasteiger partial charge in [0.15, 0.2) is 0 Å². The summed E-state index contributed by atoms with van der Waals surface area (Å²) in [6.07, 6.45) is 0. The Balaban J connectivity index is 1.72. The molecule has 0 saturated carbocycles. The predicted octanol–water partition coefficient (Wildman–Crippen LogP) is 3.21. The Morgan fingerprint density at radius 1 is 1.28 bits per heavy atom. The molecule has 0 bridgehead atoms. The molecular weight excluding hydrogens is 360 g/mol. The van der Waals surface area contributed by atoms with Gasteiger partial charge in [-0.3, -0.25) is 9.69 Å². The van der Waals surface area contributed by atoms with E-state index < -0.39 is 0 Å². The molecule has 2 aromatic rings. The lowest BCUT2D eigenvalue weighted by molar-refractivity contribution is 0.0162. The van der Waals surface area contributed by atoms with Crippen LogP contribution in [-0.2, 0) is 4.74 Å². The first-order chi connectivity index (χ1) is 12.2. The molecule has 5 nitrogen and oxygen atoms in total. The number of carbonyl (C=O) groups excluding carboxylic acids is 1. The highest BCUT2D eigenvalue weighted by Gasteiger charge is 2.23. The summed E-state index contributed by atoms with van der Waals surface area (Å²) in [7, 11) is 1.65. The number of carbonyl (C=O) groups is 1. The molecule has 0 radical (unpaired) electrons. The van der Waals surface area contributed by atoms with Crippen LogP contribution in [0.15, 0.2) is 36.4 Å². The Labute approximate surface area is 156 Å². The number of benzene rings is 1. The monoisotopic (exact) mass is 380 g/mol. The highest BCUT2D eigenvalue weighted by molar-refractivity contribution is 7.17. The van der Waals surface area contributed by atoms with E-state index in [0.29, 0.717) is 29.0 Å². The van der Waals surface area contributed by atoms with Gasteiger partial charge in [0.05, 0.1) is 35.6 Å². The molecule has 0 spiro atoms. The number of ether oxygens (including phenoxy) is 2. The van der Waals surface area contributed by atoms with Gasteiger partial charge in [-0.25, -0.2) is 0 Å². The molecule has 1 fully saturated rings. The molecule has 1 N–H and O–H groups in total. The van der Waals surface area contributed by atoms with Crippen LogP contribution in [0.25, 0.3) is 0 Å². The van der Waals surface area contributed by atoms with Gasteiger partial charge in [-0.2, -0.15) is 0 Å². The zero-order valence-corrected chi connectivity index (χ0v) is 15.6. The number of methoxy groups -OCH3 is 1. The zero-order valence-electron chi connectivity index (χ0n) is 14.0. The second kappa shape index (κ2) is 8.67. The third-order valence-corrected chi connectivity index (χ3v) is 5.47. The maximum atomic E-state index is 12.4. The fourth-order valence-corrected chi connectivity index (χ4v) is 3.85. The molecule has 1 atom stereocenters. The van der Waals surface area contributed by atoms with E-state index in [0.717, 1.165) is 24.4 Å². The molecule has 1 amide bonds. The van der Waals surface area contributed by atoms with Gasteiger partial charge in [-0.1, -0.05) is 23.7 Å². The number of morpholine rings is 1. The molecular formula is C18H21ClN2O3S. The third-order valence-electron chi connectivity index (χ3n) is 4.24. The number of hydrogen-bond donors (Lipinski definition) is 1. The molecule has 0 unspecified atom stereocenters. The normalized spacial score (nSPS) is 16.4. The minimum absolute atomic E-state index is 0.0918. The van der Waals surface area contributed by atoms with Crippen molar-refractivity contribution in [3.8, 4) is 5.75 Å². The van der Waals surface area contributed by atoms with Crippen molar-refractivity contribution in [2.45, 2.75) is 6.04 Å². The first kappa shape index (κ1) is 18.2. The zero-order chi connectivity index (χ0) is 17.6. The first-order valence-corrected chi connectivity index (χ1v) is 9.36. The van der Waals surface area contributed by atoms with E-state index >= 15 is 0 Å². The number of hydrogen-bond acceptors (Lipinski definition) is 5. The van der Waals surface area contributed by atoms with E-state index in [1.807, 2.05) is 24.3 Å². The van der Waals surface area contributed by atoms with Crippen molar-refractivity contribution in [3.05, 3.63) is 51.2 Å². The van der Waals surface area contributed by atoms with Crippen LogP contribution < -0.4 is 10.1 Å². The Hall–Kier alpha value is -1.60. The number of nitrogens with one attached hydrogen (secondary N) is 1. The molecule has 1 aliphatic rings. The number of rotatable bonds is 6. The third kappa shape index (κ3) is 4.73. The molecule has 25 heavy (non-hydrogen) atoms. The minimum atomic E-state index is -0.0938. The Morgan fingerprint density at radius 2 is 2.00 bits per heavy atom. The van der Waals surface area contributed by atoms with Gasteiger partial charge in [0.25, 0.3) is 5.91 Å². The number of thiophene rings is 1. The topological polar surface area (TPSA) is 50.8 Å². The standard InChI is InChI=1S/C18H21ClN2O3S/c1-23-14-4-2-13(3-5-14)15(21-8-10-24-11-9-21)12-20-18(22)16-6-7-17(19)25-16/h2-7,15H,8-12H2,1H3,(H,20,22)/t15-/m0/s1. The largest absolute Gasteiger partial charge is 0.497 e. The summed E-state index contributed by atoms with van der Waals surface area (Å²) in [5.74, 6) is 0.727. The molecule has 1 saturated heterocycles. The van der Waals surface area contributed by atoms with Gasteiger partial charge in [-0.15, -0.1) is 11.3 Å². The van der Waals surface area contributed by atoms with Crippen molar-refractivity contribution >= 4 is 28.8 Å². The summed E-state index contributed by atoms with van der Waals surface area (Å²) in [5, 5.41) is 3.04. The summed E-state index contributed by atoms with van der Waals surface area (Å²) in [5.41, 5.74) is 1.15. The highest BCUT2D eigenvalue weighted by atomic mass is 35.5. The van der Waals surface area contributed by atoms with Gasteiger partial charge in [0.2, 0.25) is 0 Å². The van der Waals surface area contributed by atoms with Gasteiger partial charge in [0.1, 0.15) is 5.75 Å². The molecule has 7 heteroatoms. The predicted molar refractivity (Wildman–Crippen MR) is 99.8 cm³/mol. The van der Waals surface area contributed by atoms with E-state index in [1.165, 1.54) is 11.3 Å². The maximum Gasteiger partial charge on any atom is 0.261 e. The van der Waals surface area contributed by atoms with Gasteiger partial charge < -0.3 is 14.8 Å². The number of halogens is 1. The smallest absolute Gasteiger partial charge is 0.261 e. The van der Waals surface area contributed by atoms with E-state index in [1.54, 1.807) is 19.2 Å². The Morgan fingerprint density at radius 3 is 2.60 bits per heavy atom. The quantitative estimate of drug-likeness (QED) is 0.836. The first-order valence-electron chi connectivity index (χ1n) is 8.16. The van der Waals surface area contributed by atoms with E-state index in [-0.39, 0.29) is 11.9 Å². The average Bonchev–Trinajstić information content (AvgIpc) is 3.10. The van der Waals surface area contributed by atoms with Crippen molar-refractivity contribution in [2.75, 3.05) is 40.0 Å². The van der Waals surface area contributed by atoms with Crippen LogP contribution in [0.3, 0.4) is 0 Å². The fourth-order valence-electron chi connectivity index (χ4n) is 2.89. The molecule has 1 aliphatic heterocycles. The minimum Gasteiger partial charge on any atom is -0.497 e. The van der Waals surface area contributed by atoms with E-state index in [9.17, 15) is 4.79 Å². The number of amides is 1.